The lowest BCUT2D eigenvalue weighted by molar-refractivity contribution is -0.147. The van der Waals surface area contributed by atoms with E-state index in [2.05, 4.69) is 35.7 Å². The van der Waals surface area contributed by atoms with E-state index in [0.29, 0.717) is 25.8 Å². The summed E-state index contributed by atoms with van der Waals surface area (Å²) >= 11 is 0. The lowest BCUT2D eigenvalue weighted by atomic mass is 9.73. The van der Waals surface area contributed by atoms with Crippen molar-refractivity contribution in [2.24, 2.45) is 44.8 Å². The number of nitrogens with one attached hydrogen (secondary N) is 2. The molecule has 0 aromatic rings. The van der Waals surface area contributed by atoms with Crippen LogP contribution in [0.5, 0.6) is 0 Å². The average molecular weight is 844 g/mol. The van der Waals surface area contributed by atoms with Crippen molar-refractivity contribution in [1.29, 1.82) is 0 Å². The molecule has 2 spiro atoms. The minimum Gasteiger partial charge on any atom is -0.345 e. The monoisotopic (exact) mass is 844 g/mol. The van der Waals surface area contributed by atoms with Crippen LogP contribution in [0.4, 0.5) is 0 Å². The topological polar surface area (TPSA) is 153 Å². The molecule has 3 amide bonds. The van der Waals surface area contributed by atoms with Crippen molar-refractivity contribution in [3.8, 4) is 0 Å². The van der Waals surface area contributed by atoms with Crippen LogP contribution in [0.25, 0.3) is 0 Å². The van der Waals surface area contributed by atoms with Gasteiger partial charge in [-0.1, -0.05) is 101 Å². The maximum absolute atomic E-state index is 15.4. The number of fused-ring (bicyclic) bond motifs is 1. The van der Waals surface area contributed by atoms with Crippen LogP contribution in [0.3, 0.4) is 0 Å². The van der Waals surface area contributed by atoms with E-state index in [1.807, 2.05) is 27.7 Å². The lowest BCUT2D eigenvalue weighted by Gasteiger charge is -2.38. The first kappa shape index (κ1) is 46.1. The first-order valence-electron chi connectivity index (χ1n) is 23.4. The quantitative estimate of drug-likeness (QED) is 0.170. The summed E-state index contributed by atoms with van der Waals surface area (Å²) in [7, 11) is -4.09. The Labute approximate surface area is 355 Å². The average Bonchev–Trinajstić information content (AvgIpc) is 3.90. The highest BCUT2D eigenvalue weighted by atomic mass is 32.2. The number of likely N-dealkylation sites (tertiary alicyclic amines) is 2. The molecule has 6 aliphatic rings. The smallest absolute Gasteiger partial charge is 0.303 e. The molecular formula is C46H77N5O7S. The summed E-state index contributed by atoms with van der Waals surface area (Å²) in [6.45, 7) is 20.5. The van der Waals surface area contributed by atoms with E-state index >= 15 is 4.79 Å². The van der Waals surface area contributed by atoms with E-state index < -0.39 is 44.9 Å². The van der Waals surface area contributed by atoms with E-state index in [4.69, 9.17) is 0 Å². The Morgan fingerprint density at radius 1 is 0.831 bits per heavy atom. The van der Waals surface area contributed by atoms with Gasteiger partial charge in [-0.2, -0.15) is 12.7 Å². The Morgan fingerprint density at radius 2 is 1.47 bits per heavy atom. The molecule has 13 heteroatoms. The van der Waals surface area contributed by atoms with Crippen LogP contribution in [0, 0.1) is 44.8 Å². The number of piperidine rings is 1. The molecule has 334 valence electrons. The van der Waals surface area contributed by atoms with Crippen LogP contribution >= 0.6 is 0 Å². The molecule has 0 radical (unpaired) electrons. The van der Waals surface area contributed by atoms with E-state index in [0.717, 1.165) is 83.7 Å². The number of carbonyl (C=O) groups excluding carboxylic acids is 5. The van der Waals surface area contributed by atoms with Gasteiger partial charge in [-0.05, 0) is 92.5 Å². The Kier molecular flexibility index (Phi) is 13.3. The fourth-order valence-electron chi connectivity index (χ4n) is 13.0. The first-order chi connectivity index (χ1) is 27.7. The first-order valence-corrected chi connectivity index (χ1v) is 24.9. The van der Waals surface area contributed by atoms with Crippen LogP contribution in [0.15, 0.2) is 0 Å². The van der Waals surface area contributed by atoms with Gasteiger partial charge in [-0.15, -0.1) is 0 Å². The highest BCUT2D eigenvalue weighted by Crippen LogP contribution is 2.88. The minimum absolute atomic E-state index is 0.0163. The zero-order chi connectivity index (χ0) is 43.3. The molecule has 6 fully saturated rings. The maximum atomic E-state index is 15.4. The molecule has 4 aliphatic carbocycles. The predicted molar refractivity (Wildman–Crippen MR) is 229 cm³/mol. The summed E-state index contributed by atoms with van der Waals surface area (Å²) < 4.78 is 29.9. The second-order valence-electron chi connectivity index (χ2n) is 21.1. The maximum Gasteiger partial charge on any atom is 0.303 e. The molecule has 6 rings (SSSR count). The summed E-state index contributed by atoms with van der Waals surface area (Å²) in [6, 6.07) is -1.71. The number of Topliss-reactive ketones (excluding diaryl/α,β-unsaturated/α-hetero) is 2. The van der Waals surface area contributed by atoms with Crippen molar-refractivity contribution in [2.75, 3.05) is 32.7 Å². The van der Waals surface area contributed by atoms with Crippen molar-refractivity contribution in [3.63, 3.8) is 0 Å². The molecule has 0 aromatic heterocycles. The number of hydrogen-bond acceptors (Lipinski definition) is 8. The summed E-state index contributed by atoms with van der Waals surface area (Å²) in [5, 5.41) is 3.26. The summed E-state index contributed by atoms with van der Waals surface area (Å²) in [4.78, 5) is 77.0. The Morgan fingerprint density at radius 3 is 2.00 bits per heavy atom. The normalized spacial score (nSPS) is 31.4. The molecule has 2 aliphatic heterocycles. The van der Waals surface area contributed by atoms with Gasteiger partial charge < -0.3 is 10.2 Å². The van der Waals surface area contributed by atoms with E-state index in [-0.39, 0.29) is 83.4 Å². The van der Waals surface area contributed by atoms with Crippen molar-refractivity contribution in [3.05, 3.63) is 0 Å². The van der Waals surface area contributed by atoms with E-state index in [9.17, 15) is 27.6 Å². The second-order valence-corrected chi connectivity index (χ2v) is 22.7. The molecule has 4 saturated carbocycles. The van der Waals surface area contributed by atoms with Crippen LogP contribution in [0.1, 0.15) is 165 Å². The van der Waals surface area contributed by atoms with Gasteiger partial charge in [0.15, 0.2) is 11.6 Å². The van der Waals surface area contributed by atoms with E-state index in [1.165, 1.54) is 4.31 Å². The van der Waals surface area contributed by atoms with Crippen molar-refractivity contribution < 1.29 is 32.4 Å². The molecule has 2 N–H and O–H groups in total. The van der Waals surface area contributed by atoms with Crippen LogP contribution in [-0.2, 0) is 34.2 Å². The second kappa shape index (κ2) is 17.1. The third-order valence-corrected chi connectivity index (χ3v) is 18.9. The van der Waals surface area contributed by atoms with Gasteiger partial charge in [0.25, 0.3) is 0 Å². The third kappa shape index (κ3) is 8.09. The van der Waals surface area contributed by atoms with Crippen molar-refractivity contribution >= 4 is 39.5 Å². The molecule has 12 nitrogen and oxygen atoms in total. The predicted octanol–water partition coefficient (Wildman–Crippen LogP) is 6.42. The molecule has 0 bridgehead atoms. The number of nitrogens with zero attached hydrogens (tertiary/aromatic N) is 3. The van der Waals surface area contributed by atoms with Gasteiger partial charge in [0.2, 0.25) is 17.7 Å². The number of hydrogen-bond donors (Lipinski definition) is 2. The van der Waals surface area contributed by atoms with Crippen molar-refractivity contribution in [2.45, 2.75) is 183 Å². The number of amides is 3. The highest BCUT2D eigenvalue weighted by Gasteiger charge is 2.85. The fourth-order valence-corrected chi connectivity index (χ4v) is 14.3. The van der Waals surface area contributed by atoms with Gasteiger partial charge in [0, 0.05) is 43.8 Å². The van der Waals surface area contributed by atoms with Gasteiger partial charge in [0.1, 0.15) is 0 Å². The third-order valence-electron chi connectivity index (χ3n) is 17.2. The van der Waals surface area contributed by atoms with Crippen LogP contribution < -0.4 is 10.0 Å². The molecule has 0 aromatic carbocycles. The Balaban J connectivity index is 1.28. The molecule has 7 atom stereocenters. The van der Waals surface area contributed by atoms with E-state index in [1.54, 1.807) is 18.7 Å². The fraction of sp³-hybridized carbons (Fsp3) is 0.891. The molecule has 59 heavy (non-hydrogen) atoms. The number of rotatable bonds is 17. The van der Waals surface area contributed by atoms with Gasteiger partial charge in [0.05, 0.1) is 23.5 Å². The molecular weight excluding hydrogens is 767 g/mol. The zero-order valence-corrected chi connectivity index (χ0v) is 38.7. The van der Waals surface area contributed by atoms with Gasteiger partial charge >= 0.3 is 10.2 Å². The van der Waals surface area contributed by atoms with Gasteiger partial charge in [-0.3, -0.25) is 28.9 Å². The van der Waals surface area contributed by atoms with Gasteiger partial charge in [-0.25, -0.2) is 4.72 Å². The molecule has 2 saturated heterocycles. The Bertz CT molecular complexity index is 1730. The Hall–Kier alpha value is -2.38. The summed E-state index contributed by atoms with van der Waals surface area (Å²) in [5.41, 5.74) is -2.07. The van der Waals surface area contributed by atoms with Crippen LogP contribution in [0.2, 0.25) is 0 Å². The summed E-state index contributed by atoms with van der Waals surface area (Å²) in [5.74, 6) is -2.09. The SMILES string of the molecule is CC[C@@H]1C[C@]1(CC(=O)[C@@H]1C[C@@]2(CN1C(=O)[C@@H](CC(=O)C(NC(=O)[C@@H]1CCCCN1CC)C1CCCCC1)C(C)(C)C)C(C)(C)C21CCC1)C(=O)NS(=O)(=O)N(CC)CC. The lowest BCUT2D eigenvalue weighted by Crippen LogP contribution is -2.56. The number of ketones is 2. The zero-order valence-electron chi connectivity index (χ0n) is 37.9. The standard InChI is InChI=1S/C46H77N5O7S/c1-10-32-27-44(32,41(56)48-59(57,58)50(12-3)13-4)29-37(53)35-28-46(43(8,9)45(46)23-19-24-45)30-51(35)40(55)33(42(5,6)7)26-36(52)38(31-20-15-14-16-21-31)47-39(54)34-22-17-18-25-49(34)11-2/h31-35,38H,10-30H2,1-9H3,(H,47,54)(H,48,56)/t32-,33-,34+,35+,38?,44-,46-/m1/s1. The summed E-state index contributed by atoms with van der Waals surface area (Å²) in [6.07, 6.45) is 12.3. The molecule has 1 unspecified atom stereocenters. The number of likely N-dealkylation sites (N-methyl/N-ethyl adjacent to an activating group) is 1. The highest BCUT2D eigenvalue weighted by molar-refractivity contribution is 7.87. The molecule has 2 heterocycles. The van der Waals surface area contributed by atoms with Crippen LogP contribution in [-0.4, -0.2) is 103 Å². The minimum atomic E-state index is -4.09. The van der Waals surface area contributed by atoms with Crippen molar-refractivity contribution in [1.82, 2.24) is 24.1 Å². The number of carbonyl (C=O) groups is 5. The largest absolute Gasteiger partial charge is 0.345 e.